The fourth-order valence-electron chi connectivity index (χ4n) is 2.34. The monoisotopic (exact) mass is 330 g/mol. The Morgan fingerprint density at radius 3 is 2.91 bits per heavy atom. The van der Waals surface area contributed by atoms with E-state index < -0.39 is 0 Å². The van der Waals surface area contributed by atoms with E-state index in [1.54, 1.807) is 13.8 Å². The fourth-order valence-corrected chi connectivity index (χ4v) is 3.05. The quantitative estimate of drug-likeness (QED) is 0.572. The predicted octanol–water partition coefficient (Wildman–Crippen LogP) is 3.11. The number of aromatic nitrogens is 4. The zero-order valence-corrected chi connectivity index (χ0v) is 14.1. The number of carbonyl (C=O) groups is 1. The normalized spacial score (nSPS) is 12.7. The lowest BCUT2D eigenvalue weighted by Crippen LogP contribution is -2.17. The second-order valence-corrected chi connectivity index (χ2v) is 6.47. The van der Waals surface area contributed by atoms with Crippen molar-refractivity contribution in [3.05, 3.63) is 23.8 Å². The highest BCUT2D eigenvalue weighted by Gasteiger charge is 2.18. The third-order valence-corrected chi connectivity index (χ3v) is 4.50. The van der Waals surface area contributed by atoms with Crippen molar-refractivity contribution in [1.82, 2.24) is 20.2 Å². The van der Waals surface area contributed by atoms with Gasteiger partial charge in [0.2, 0.25) is 5.16 Å². The Labute approximate surface area is 138 Å². The Morgan fingerprint density at radius 1 is 1.35 bits per heavy atom. The minimum atomic E-state index is -0.370. The van der Waals surface area contributed by atoms with Gasteiger partial charge in [0.25, 0.3) is 0 Å². The molecule has 3 aromatic rings. The first-order valence-electron chi connectivity index (χ1n) is 7.60. The largest absolute Gasteiger partial charge is 0.465 e. The van der Waals surface area contributed by atoms with Crippen LogP contribution in [0.2, 0.25) is 0 Å². The van der Waals surface area contributed by atoms with Gasteiger partial charge in [-0.3, -0.25) is 4.79 Å². The number of benzene rings is 1. The van der Waals surface area contributed by atoms with Gasteiger partial charge in [0.05, 0.1) is 6.61 Å². The third kappa shape index (κ3) is 3.14. The molecule has 0 saturated heterocycles. The predicted molar refractivity (Wildman–Crippen MR) is 90.5 cm³/mol. The maximum atomic E-state index is 11.7. The topological polar surface area (TPSA) is 80.8 Å². The van der Waals surface area contributed by atoms with Crippen LogP contribution in [0.3, 0.4) is 0 Å². The number of hydrogen-bond acceptors (Lipinski definition) is 6. The Bertz CT molecular complexity index is 862. The van der Waals surface area contributed by atoms with Gasteiger partial charge in [-0.1, -0.05) is 24.8 Å². The van der Waals surface area contributed by atoms with Gasteiger partial charge in [-0.05, 0) is 38.0 Å². The summed E-state index contributed by atoms with van der Waals surface area (Å²) in [6.45, 7) is 6.04. The zero-order valence-electron chi connectivity index (χ0n) is 13.3. The average Bonchev–Trinajstić information content (AvgIpc) is 2.91. The third-order valence-electron chi connectivity index (χ3n) is 3.57. The first-order valence-corrected chi connectivity index (χ1v) is 8.48. The second-order valence-electron chi connectivity index (χ2n) is 5.16. The summed E-state index contributed by atoms with van der Waals surface area (Å²) in [6.07, 6.45) is 0.967. The first-order chi connectivity index (χ1) is 11.1. The lowest BCUT2D eigenvalue weighted by molar-refractivity contribution is -0.142. The SMILES string of the molecule is CCOC(=O)[C@@H](C)Sc1nnc2c(n1)[nH]c1ccc(CC)cc12. The van der Waals surface area contributed by atoms with Gasteiger partial charge >= 0.3 is 5.97 Å². The number of aryl methyl sites for hydroxylation is 1. The lowest BCUT2D eigenvalue weighted by atomic mass is 10.1. The van der Waals surface area contributed by atoms with Crippen LogP contribution < -0.4 is 0 Å². The molecule has 120 valence electrons. The van der Waals surface area contributed by atoms with Crippen LogP contribution in [0.25, 0.3) is 22.1 Å². The Hall–Kier alpha value is -2.15. The summed E-state index contributed by atoms with van der Waals surface area (Å²) in [6, 6.07) is 6.23. The molecule has 0 unspecified atom stereocenters. The number of nitrogens with zero attached hydrogens (tertiary/aromatic N) is 3. The summed E-state index contributed by atoms with van der Waals surface area (Å²) < 4.78 is 4.99. The number of thioether (sulfide) groups is 1. The molecular weight excluding hydrogens is 312 g/mol. The molecule has 0 saturated carbocycles. The number of aromatic amines is 1. The van der Waals surface area contributed by atoms with Gasteiger partial charge in [0, 0.05) is 10.9 Å². The van der Waals surface area contributed by atoms with Gasteiger partial charge in [-0.25, -0.2) is 4.98 Å². The zero-order chi connectivity index (χ0) is 16.4. The van der Waals surface area contributed by atoms with Crippen molar-refractivity contribution in [2.24, 2.45) is 0 Å². The molecule has 0 aliphatic heterocycles. The number of rotatable bonds is 5. The molecule has 1 N–H and O–H groups in total. The van der Waals surface area contributed by atoms with Crippen LogP contribution in [-0.4, -0.2) is 38.0 Å². The molecule has 1 aromatic carbocycles. The van der Waals surface area contributed by atoms with E-state index in [2.05, 4.69) is 39.2 Å². The van der Waals surface area contributed by atoms with E-state index >= 15 is 0 Å². The van der Waals surface area contributed by atoms with Gasteiger partial charge in [0.1, 0.15) is 10.8 Å². The van der Waals surface area contributed by atoms with E-state index in [0.29, 0.717) is 17.4 Å². The van der Waals surface area contributed by atoms with E-state index in [4.69, 9.17) is 4.74 Å². The molecule has 2 aromatic heterocycles. The van der Waals surface area contributed by atoms with Crippen molar-refractivity contribution < 1.29 is 9.53 Å². The second kappa shape index (κ2) is 6.54. The van der Waals surface area contributed by atoms with Gasteiger partial charge in [-0.15, -0.1) is 10.2 Å². The molecule has 6 nitrogen and oxygen atoms in total. The number of ether oxygens (including phenoxy) is 1. The van der Waals surface area contributed by atoms with E-state index in [9.17, 15) is 4.79 Å². The molecule has 23 heavy (non-hydrogen) atoms. The lowest BCUT2D eigenvalue weighted by Gasteiger charge is -2.08. The van der Waals surface area contributed by atoms with Crippen LogP contribution in [0, 0.1) is 0 Å². The van der Waals surface area contributed by atoms with Crippen molar-refractivity contribution in [3.8, 4) is 0 Å². The number of esters is 1. The molecule has 7 heteroatoms. The molecular formula is C16H18N4O2S. The highest BCUT2D eigenvalue weighted by atomic mass is 32.2. The van der Waals surface area contributed by atoms with Crippen molar-refractivity contribution in [2.45, 2.75) is 37.6 Å². The summed E-state index contributed by atoms with van der Waals surface area (Å²) in [4.78, 5) is 19.4. The molecule has 3 rings (SSSR count). The van der Waals surface area contributed by atoms with Crippen molar-refractivity contribution in [1.29, 1.82) is 0 Å². The molecule has 1 atom stereocenters. The molecule has 0 radical (unpaired) electrons. The number of hydrogen-bond donors (Lipinski definition) is 1. The van der Waals surface area contributed by atoms with Crippen molar-refractivity contribution in [3.63, 3.8) is 0 Å². The van der Waals surface area contributed by atoms with Gasteiger partial charge < -0.3 is 9.72 Å². The van der Waals surface area contributed by atoms with Crippen molar-refractivity contribution in [2.75, 3.05) is 6.61 Å². The number of fused-ring (bicyclic) bond motifs is 3. The number of nitrogens with one attached hydrogen (secondary N) is 1. The Morgan fingerprint density at radius 2 is 2.17 bits per heavy atom. The molecule has 0 fully saturated rings. The van der Waals surface area contributed by atoms with Crippen LogP contribution in [0.1, 0.15) is 26.3 Å². The van der Waals surface area contributed by atoms with Crippen LogP contribution in [0.5, 0.6) is 0 Å². The summed E-state index contributed by atoms with van der Waals surface area (Å²) in [5.74, 6) is -0.273. The van der Waals surface area contributed by atoms with Crippen LogP contribution in [0.4, 0.5) is 0 Å². The molecule has 0 spiro atoms. The highest BCUT2D eigenvalue weighted by Crippen LogP contribution is 2.26. The van der Waals surface area contributed by atoms with E-state index in [1.807, 2.05) is 6.07 Å². The highest BCUT2D eigenvalue weighted by molar-refractivity contribution is 8.00. The van der Waals surface area contributed by atoms with Gasteiger partial charge in [-0.2, -0.15) is 0 Å². The molecule has 0 aliphatic carbocycles. The summed E-state index contributed by atoms with van der Waals surface area (Å²) in [5, 5.41) is 9.54. The maximum Gasteiger partial charge on any atom is 0.319 e. The summed E-state index contributed by atoms with van der Waals surface area (Å²) >= 11 is 1.24. The van der Waals surface area contributed by atoms with E-state index in [-0.39, 0.29) is 11.2 Å². The Kier molecular flexibility index (Phi) is 4.47. The summed E-state index contributed by atoms with van der Waals surface area (Å²) in [5.41, 5.74) is 3.67. The molecule has 2 heterocycles. The van der Waals surface area contributed by atoms with Crippen LogP contribution >= 0.6 is 11.8 Å². The number of H-pyrrole nitrogens is 1. The maximum absolute atomic E-state index is 11.7. The standard InChI is InChI=1S/C16H18N4O2S/c1-4-10-6-7-12-11(8-10)13-14(17-12)18-16(20-19-13)23-9(3)15(21)22-5-2/h6-9H,4-5H2,1-3H3,(H,17,18,20)/t9-/m1/s1. The minimum absolute atomic E-state index is 0.273. The van der Waals surface area contributed by atoms with Crippen LogP contribution in [-0.2, 0) is 16.0 Å². The number of carbonyl (C=O) groups excluding carboxylic acids is 1. The average molecular weight is 330 g/mol. The van der Waals surface area contributed by atoms with Gasteiger partial charge in [0.15, 0.2) is 5.65 Å². The first kappa shape index (κ1) is 15.7. The minimum Gasteiger partial charge on any atom is -0.465 e. The van der Waals surface area contributed by atoms with E-state index in [0.717, 1.165) is 22.8 Å². The fraction of sp³-hybridized carbons (Fsp3) is 0.375. The molecule has 0 bridgehead atoms. The smallest absolute Gasteiger partial charge is 0.319 e. The Balaban J connectivity index is 1.93. The molecule has 0 aliphatic rings. The van der Waals surface area contributed by atoms with Crippen molar-refractivity contribution >= 4 is 39.8 Å². The summed E-state index contributed by atoms with van der Waals surface area (Å²) in [7, 11) is 0. The van der Waals surface area contributed by atoms with Crippen LogP contribution in [0.15, 0.2) is 23.4 Å². The molecule has 0 amide bonds. The van der Waals surface area contributed by atoms with E-state index in [1.165, 1.54) is 17.3 Å².